The van der Waals surface area contributed by atoms with E-state index in [1.807, 2.05) is 57.2 Å². The Morgan fingerprint density at radius 2 is 1.74 bits per heavy atom. The Labute approximate surface area is 241 Å². The van der Waals surface area contributed by atoms with E-state index in [4.69, 9.17) is 32.7 Å². The molecule has 0 spiro atoms. The Hall–Kier alpha value is -2.48. The van der Waals surface area contributed by atoms with Gasteiger partial charge in [-0.1, -0.05) is 56.1 Å². The Morgan fingerprint density at radius 1 is 0.974 bits per heavy atom. The fourth-order valence-electron chi connectivity index (χ4n) is 4.86. The topological polar surface area (TPSA) is 62.3 Å². The van der Waals surface area contributed by atoms with E-state index in [9.17, 15) is 9.59 Å². The molecule has 7 nitrogen and oxygen atoms in total. The summed E-state index contributed by atoms with van der Waals surface area (Å²) >= 11 is 12.6. The quantitative estimate of drug-likeness (QED) is 0.240. The summed E-state index contributed by atoms with van der Waals surface area (Å²) in [6.45, 7) is 11.2. The smallest absolute Gasteiger partial charge is 0.310 e. The summed E-state index contributed by atoms with van der Waals surface area (Å²) in [7, 11) is 0. The van der Waals surface area contributed by atoms with Crippen LogP contribution in [0.3, 0.4) is 0 Å². The van der Waals surface area contributed by atoms with Crippen molar-refractivity contribution in [2.45, 2.75) is 46.5 Å². The molecule has 39 heavy (non-hydrogen) atoms. The molecule has 1 fully saturated rings. The number of hydrogen-bond donors (Lipinski definition) is 0. The summed E-state index contributed by atoms with van der Waals surface area (Å²) in [6, 6.07) is 11.6. The number of piperazine rings is 1. The Balaban J connectivity index is 1.21. The van der Waals surface area contributed by atoms with Crippen molar-refractivity contribution in [2.24, 2.45) is 11.8 Å². The molecule has 2 aromatic rings. The number of ether oxygens (including phenoxy) is 2. The van der Waals surface area contributed by atoms with Gasteiger partial charge in [-0.2, -0.15) is 0 Å². The molecule has 2 aliphatic rings. The average Bonchev–Trinajstić information content (AvgIpc) is 2.93. The van der Waals surface area contributed by atoms with Crippen molar-refractivity contribution in [2.75, 3.05) is 55.9 Å². The monoisotopic (exact) mass is 575 g/mol. The Bertz CT molecular complexity index is 1150. The molecule has 2 aliphatic heterocycles. The standard InChI is InChI=1S/C30H39Cl2N3O4/c1-21(2)22(3)30(37)39-20-35-27-19-24(11-9-23(27)10-12-28(35)36)38-18-5-4-13-33-14-16-34(17-15-33)26-8-6-7-25(31)29(26)32/h6-9,11,19,21-22H,4-5,10,12-18,20H2,1-3H3. The highest BCUT2D eigenvalue weighted by atomic mass is 35.5. The highest BCUT2D eigenvalue weighted by Gasteiger charge is 2.27. The second-order valence-electron chi connectivity index (χ2n) is 10.7. The van der Waals surface area contributed by atoms with Gasteiger partial charge in [0, 0.05) is 38.7 Å². The van der Waals surface area contributed by atoms with E-state index in [2.05, 4.69) is 9.80 Å². The number of anilines is 2. The van der Waals surface area contributed by atoms with Crippen LogP contribution in [0.5, 0.6) is 5.75 Å². The minimum atomic E-state index is -0.285. The minimum Gasteiger partial charge on any atom is -0.494 e. The molecule has 1 atom stereocenters. The molecule has 2 heterocycles. The van der Waals surface area contributed by atoms with Crippen molar-refractivity contribution in [1.29, 1.82) is 0 Å². The van der Waals surface area contributed by atoms with Crippen molar-refractivity contribution in [1.82, 2.24) is 4.90 Å². The number of fused-ring (bicyclic) bond motifs is 1. The van der Waals surface area contributed by atoms with Crippen LogP contribution >= 0.6 is 23.2 Å². The largest absolute Gasteiger partial charge is 0.494 e. The predicted molar refractivity (Wildman–Crippen MR) is 157 cm³/mol. The van der Waals surface area contributed by atoms with Crippen molar-refractivity contribution >= 4 is 46.5 Å². The van der Waals surface area contributed by atoms with Crippen LogP contribution in [-0.4, -0.2) is 62.8 Å². The zero-order valence-electron chi connectivity index (χ0n) is 23.1. The molecule has 9 heteroatoms. The molecule has 1 saturated heterocycles. The third kappa shape index (κ3) is 7.59. The van der Waals surface area contributed by atoms with E-state index in [-0.39, 0.29) is 30.4 Å². The summed E-state index contributed by atoms with van der Waals surface area (Å²) in [5.41, 5.74) is 2.84. The molecule has 0 aliphatic carbocycles. The van der Waals surface area contributed by atoms with Crippen LogP contribution < -0.4 is 14.5 Å². The maximum Gasteiger partial charge on any atom is 0.310 e. The van der Waals surface area contributed by atoms with Gasteiger partial charge in [-0.3, -0.25) is 19.4 Å². The number of esters is 1. The van der Waals surface area contributed by atoms with Gasteiger partial charge in [-0.15, -0.1) is 0 Å². The summed E-state index contributed by atoms with van der Waals surface area (Å²) in [5, 5.41) is 1.22. The zero-order valence-corrected chi connectivity index (χ0v) is 24.6. The third-order valence-electron chi connectivity index (χ3n) is 7.75. The first-order valence-electron chi connectivity index (χ1n) is 13.9. The SMILES string of the molecule is CC(C)C(C)C(=O)OCN1C(=O)CCc2ccc(OCCCCN3CCN(c4cccc(Cl)c4Cl)CC3)cc21. The van der Waals surface area contributed by atoms with Gasteiger partial charge < -0.3 is 14.4 Å². The number of halogens is 2. The van der Waals surface area contributed by atoms with Crippen LogP contribution in [0.1, 0.15) is 45.6 Å². The Morgan fingerprint density at radius 3 is 2.49 bits per heavy atom. The molecular weight excluding hydrogens is 537 g/mol. The molecule has 0 radical (unpaired) electrons. The number of rotatable bonds is 11. The average molecular weight is 577 g/mol. The first-order valence-corrected chi connectivity index (χ1v) is 14.6. The molecule has 1 unspecified atom stereocenters. The minimum absolute atomic E-state index is 0.0395. The van der Waals surface area contributed by atoms with Gasteiger partial charge in [0.2, 0.25) is 5.91 Å². The fraction of sp³-hybridized carbons (Fsp3) is 0.533. The fourth-order valence-corrected chi connectivity index (χ4v) is 5.27. The van der Waals surface area contributed by atoms with Crippen molar-refractivity contribution in [3.05, 3.63) is 52.0 Å². The molecular formula is C30H39Cl2N3O4. The van der Waals surface area contributed by atoms with Crippen LogP contribution in [0.2, 0.25) is 10.0 Å². The van der Waals surface area contributed by atoms with Crippen LogP contribution in [0.4, 0.5) is 11.4 Å². The first kappa shape index (κ1) is 29.5. The van der Waals surface area contributed by atoms with E-state index in [1.165, 1.54) is 0 Å². The normalized spacial score (nSPS) is 16.8. The lowest BCUT2D eigenvalue weighted by atomic mass is 9.99. The van der Waals surface area contributed by atoms with Gasteiger partial charge in [0.1, 0.15) is 5.75 Å². The zero-order chi connectivity index (χ0) is 27.9. The van der Waals surface area contributed by atoms with Gasteiger partial charge in [0.05, 0.1) is 33.9 Å². The summed E-state index contributed by atoms with van der Waals surface area (Å²) < 4.78 is 11.5. The lowest BCUT2D eigenvalue weighted by Gasteiger charge is -2.36. The number of amides is 1. The third-order valence-corrected chi connectivity index (χ3v) is 8.56. The van der Waals surface area contributed by atoms with E-state index in [1.54, 1.807) is 4.90 Å². The second-order valence-corrected chi connectivity index (χ2v) is 11.5. The molecule has 2 aromatic carbocycles. The van der Waals surface area contributed by atoms with E-state index in [0.717, 1.165) is 68.3 Å². The van der Waals surface area contributed by atoms with Crippen LogP contribution in [0.25, 0.3) is 0 Å². The van der Waals surface area contributed by atoms with Crippen LogP contribution in [0, 0.1) is 11.8 Å². The van der Waals surface area contributed by atoms with Gasteiger partial charge in [-0.05, 0) is 55.5 Å². The second kappa shape index (κ2) is 13.7. The summed E-state index contributed by atoms with van der Waals surface area (Å²) in [4.78, 5) is 31.3. The molecule has 0 N–H and O–H groups in total. The van der Waals surface area contributed by atoms with Gasteiger partial charge in [0.15, 0.2) is 6.73 Å². The summed E-state index contributed by atoms with van der Waals surface area (Å²) in [6.07, 6.45) is 3.06. The van der Waals surface area contributed by atoms with Gasteiger partial charge in [0.25, 0.3) is 0 Å². The van der Waals surface area contributed by atoms with Crippen molar-refractivity contribution in [3.63, 3.8) is 0 Å². The number of carbonyl (C=O) groups is 2. The van der Waals surface area contributed by atoms with Gasteiger partial charge >= 0.3 is 5.97 Å². The lowest BCUT2D eigenvalue weighted by molar-refractivity contribution is -0.149. The van der Waals surface area contributed by atoms with Crippen LogP contribution in [-0.2, 0) is 20.7 Å². The van der Waals surface area contributed by atoms with E-state index >= 15 is 0 Å². The number of nitrogens with zero attached hydrogens (tertiary/aromatic N) is 3. The van der Waals surface area contributed by atoms with Gasteiger partial charge in [-0.25, -0.2) is 0 Å². The number of unbranched alkanes of at least 4 members (excludes halogenated alkanes) is 1. The lowest BCUT2D eigenvalue weighted by Crippen LogP contribution is -2.46. The summed E-state index contributed by atoms with van der Waals surface area (Å²) in [5.74, 6) is 0.362. The number of carbonyl (C=O) groups excluding carboxylic acids is 2. The molecule has 0 aromatic heterocycles. The molecule has 1 amide bonds. The first-order chi connectivity index (χ1) is 18.7. The van der Waals surface area contributed by atoms with Crippen LogP contribution in [0.15, 0.2) is 36.4 Å². The number of aryl methyl sites for hydroxylation is 1. The predicted octanol–water partition coefficient (Wildman–Crippen LogP) is 6.05. The highest BCUT2D eigenvalue weighted by Crippen LogP contribution is 2.33. The van der Waals surface area contributed by atoms with E-state index in [0.29, 0.717) is 29.5 Å². The van der Waals surface area contributed by atoms with E-state index < -0.39 is 0 Å². The highest BCUT2D eigenvalue weighted by molar-refractivity contribution is 6.43. The number of hydrogen-bond acceptors (Lipinski definition) is 6. The molecule has 0 saturated carbocycles. The molecule has 212 valence electrons. The Kier molecular flexibility index (Phi) is 10.4. The molecule has 0 bridgehead atoms. The van der Waals surface area contributed by atoms with Crippen molar-refractivity contribution in [3.8, 4) is 5.75 Å². The number of benzene rings is 2. The van der Waals surface area contributed by atoms with Crippen molar-refractivity contribution < 1.29 is 19.1 Å². The molecule has 4 rings (SSSR count). The maximum absolute atomic E-state index is 12.6. The maximum atomic E-state index is 12.6.